The number of amides is 7. The lowest BCUT2D eigenvalue weighted by Gasteiger charge is -2.50. The lowest BCUT2D eigenvalue weighted by atomic mass is 9.64. The van der Waals surface area contributed by atoms with Crippen molar-refractivity contribution >= 4 is 64.3 Å². The fourth-order valence-electron chi connectivity index (χ4n) is 10.6. The van der Waals surface area contributed by atoms with Crippen molar-refractivity contribution in [2.45, 2.75) is 160 Å². The third-order valence-corrected chi connectivity index (χ3v) is 15.9. The number of halogens is 6. The zero-order chi connectivity index (χ0) is 55.7. The Labute approximate surface area is 447 Å². The maximum atomic E-state index is 15.2. The summed E-state index contributed by atoms with van der Waals surface area (Å²) in [5, 5.41) is 21.9. The Morgan fingerprint density at radius 1 is 1.00 bits per heavy atom. The number of hydrogen-bond acceptors (Lipinski definition) is 10. The second-order valence-corrected chi connectivity index (χ2v) is 23.0. The van der Waals surface area contributed by atoms with Crippen LogP contribution in [-0.2, 0) is 52.9 Å². The summed E-state index contributed by atoms with van der Waals surface area (Å²) >= 11 is 7.87. The summed E-state index contributed by atoms with van der Waals surface area (Å²) in [5.74, 6) is -10.7. The number of carbonyl (C=O) groups excluding carboxylic acids is 7. The molecule has 3 aromatic rings. The minimum atomic E-state index is -5.40. The van der Waals surface area contributed by atoms with Gasteiger partial charge in [-0.2, -0.15) is 13.2 Å². The van der Waals surface area contributed by atoms with Crippen LogP contribution in [-0.4, -0.2) is 134 Å². The largest absolute Gasteiger partial charge is 0.508 e. The van der Waals surface area contributed by atoms with Gasteiger partial charge in [-0.05, 0) is 117 Å². The number of likely N-dealkylation sites (N-methyl/N-ethyl adjacent to an activating group) is 1. The monoisotopic (exact) mass is 1100 g/mol. The summed E-state index contributed by atoms with van der Waals surface area (Å²) in [5.41, 5.74) is -1.37. The van der Waals surface area contributed by atoms with Gasteiger partial charge in [-0.3, -0.25) is 38.5 Å². The van der Waals surface area contributed by atoms with Gasteiger partial charge in [-0.25, -0.2) is 8.78 Å². The molecule has 16 nitrogen and oxygen atoms in total. The van der Waals surface area contributed by atoms with Crippen LogP contribution < -0.4 is 21.3 Å². The maximum Gasteiger partial charge on any atom is 0.403 e. The fraction of sp³-hybridized carbons (Fsp3) is 0.585. The summed E-state index contributed by atoms with van der Waals surface area (Å²) in [4.78, 5) is 110. The van der Waals surface area contributed by atoms with E-state index in [0.717, 1.165) is 4.88 Å². The number of rotatable bonds is 13. The quantitative estimate of drug-likeness (QED) is 0.115. The number of nitrogens with zero attached hydrogens (tertiary/aromatic N) is 4. The van der Waals surface area contributed by atoms with Crippen LogP contribution in [0.1, 0.15) is 109 Å². The first-order valence-electron chi connectivity index (χ1n) is 25.7. The van der Waals surface area contributed by atoms with E-state index >= 15 is 9.59 Å². The average Bonchev–Trinajstić information content (AvgIpc) is 4.04. The zero-order valence-corrected chi connectivity index (χ0v) is 44.9. The second kappa shape index (κ2) is 23.0. The number of hydrogen-bond donors (Lipinski definition) is 5. The molecule has 23 heteroatoms. The molecule has 4 aliphatic rings. The second-order valence-electron chi connectivity index (χ2n) is 21.7. The standard InChI is InChI=1S/C53H66ClF5N8O8S/c1-7-18-66(47(73)42(30-11-12-30)63-44(70)40-22-31-13-15-35(68)21-33(31)25-67(40)49(75)51(53(57,58)59)26-52(55,56)27-51)38-10-8-9-17-61-48(74)50(4,5)64-45(71)39(65(6)46(72)37(19-29(2)3)62-43(38)69)23-32-20-34(54)14-16-36(32)41-24-60-28-76-41/h13-16,20-21,24,28-30,37-40,42,68H,7-12,17-19,22-23,25-27H2,1-6H3,(H,61,74)(H,62,69)(H,63,70)(H,64,71)/t37-,38-,39-,40-,42-/m0/s1. The summed E-state index contributed by atoms with van der Waals surface area (Å²) in [7, 11) is 1.43. The van der Waals surface area contributed by atoms with Gasteiger partial charge in [0.2, 0.25) is 41.4 Å². The zero-order valence-electron chi connectivity index (χ0n) is 43.3. The SMILES string of the molecule is CCCN(C(=O)[C@@H](NC(=O)[C@@H]1Cc2ccc(O)cc2CN1C(=O)C1(C(F)(F)F)CC(F)(F)C1)C1CC1)[C@H]1CCCCNC(=O)C(C)(C)NC(=O)[C@H](Cc2cc(Cl)ccc2-c2cncs2)N(C)C(=O)[C@H](CC(C)C)NC1=O. The molecular formula is C53H66ClF5N8O8S. The Bertz CT molecular complexity index is 2680. The van der Waals surface area contributed by atoms with Crippen LogP contribution in [0.15, 0.2) is 48.1 Å². The highest BCUT2D eigenvalue weighted by molar-refractivity contribution is 7.13. The molecule has 2 aliphatic carbocycles. The van der Waals surface area contributed by atoms with Crippen LogP contribution in [0.3, 0.4) is 0 Å². The molecule has 1 saturated heterocycles. The number of thiazole rings is 1. The van der Waals surface area contributed by atoms with Gasteiger partial charge in [0.1, 0.15) is 41.5 Å². The first-order valence-corrected chi connectivity index (χ1v) is 26.9. The number of fused-ring (bicyclic) bond motifs is 1. The molecular weight excluding hydrogens is 1040 g/mol. The molecule has 2 aliphatic heterocycles. The van der Waals surface area contributed by atoms with E-state index in [-0.39, 0.29) is 62.4 Å². The third-order valence-electron chi connectivity index (χ3n) is 14.9. The van der Waals surface area contributed by atoms with Gasteiger partial charge < -0.3 is 41.1 Å². The van der Waals surface area contributed by atoms with Crippen molar-refractivity contribution in [1.29, 1.82) is 0 Å². The highest BCUT2D eigenvalue weighted by Gasteiger charge is 2.74. The summed E-state index contributed by atoms with van der Waals surface area (Å²) in [6.07, 6.45) is -5.91. The van der Waals surface area contributed by atoms with Gasteiger partial charge in [0, 0.05) is 63.6 Å². The molecule has 414 valence electrons. The Kier molecular flexibility index (Phi) is 17.5. The van der Waals surface area contributed by atoms with E-state index in [1.54, 1.807) is 36.8 Å². The van der Waals surface area contributed by atoms with E-state index in [4.69, 9.17) is 11.6 Å². The molecule has 0 unspecified atom stereocenters. The van der Waals surface area contributed by atoms with E-state index < -0.39 is 120 Å². The van der Waals surface area contributed by atoms with Crippen molar-refractivity contribution in [2.24, 2.45) is 17.3 Å². The number of carbonyl (C=O) groups is 7. The average molecular weight is 1110 g/mol. The van der Waals surface area contributed by atoms with Crippen LogP contribution in [0.5, 0.6) is 5.75 Å². The summed E-state index contributed by atoms with van der Waals surface area (Å²) in [6, 6.07) is 2.32. The van der Waals surface area contributed by atoms with Gasteiger partial charge in [0.15, 0.2) is 5.41 Å². The normalized spacial score (nSPS) is 23.6. The molecule has 7 rings (SSSR count). The van der Waals surface area contributed by atoms with Gasteiger partial charge in [-0.15, -0.1) is 11.3 Å². The predicted molar refractivity (Wildman–Crippen MR) is 273 cm³/mol. The molecule has 5 atom stereocenters. The molecule has 1 aromatic heterocycles. The van der Waals surface area contributed by atoms with Crippen LogP contribution >= 0.6 is 22.9 Å². The van der Waals surface area contributed by atoms with Crippen molar-refractivity contribution < 1.29 is 60.6 Å². The molecule has 0 radical (unpaired) electrons. The predicted octanol–water partition coefficient (Wildman–Crippen LogP) is 6.70. The van der Waals surface area contributed by atoms with Crippen LogP contribution in [0.4, 0.5) is 22.0 Å². The smallest absolute Gasteiger partial charge is 0.403 e. The highest BCUT2D eigenvalue weighted by atomic mass is 35.5. The van der Waals surface area contributed by atoms with Crippen molar-refractivity contribution in [2.75, 3.05) is 20.1 Å². The van der Waals surface area contributed by atoms with E-state index in [1.807, 2.05) is 13.8 Å². The maximum absolute atomic E-state index is 15.2. The van der Waals surface area contributed by atoms with E-state index in [2.05, 4.69) is 26.3 Å². The molecule has 3 fully saturated rings. The van der Waals surface area contributed by atoms with Gasteiger partial charge in [0.25, 0.3) is 5.92 Å². The Morgan fingerprint density at radius 2 is 1.71 bits per heavy atom. The molecule has 76 heavy (non-hydrogen) atoms. The van der Waals surface area contributed by atoms with Gasteiger partial charge in [0.05, 0.1) is 10.4 Å². The Hall–Kier alpha value is -5.90. The number of phenolic OH excluding ortho intramolecular Hbond substituents is 1. The van der Waals surface area contributed by atoms with Crippen LogP contribution in [0.25, 0.3) is 10.4 Å². The minimum absolute atomic E-state index is 0.0216. The van der Waals surface area contributed by atoms with Crippen LogP contribution in [0, 0.1) is 17.3 Å². The molecule has 0 spiro atoms. The van der Waals surface area contributed by atoms with Crippen LogP contribution in [0.2, 0.25) is 5.02 Å². The number of phenols is 1. The van der Waals surface area contributed by atoms with E-state index in [1.165, 1.54) is 60.2 Å². The molecule has 2 saturated carbocycles. The van der Waals surface area contributed by atoms with Crippen molar-refractivity contribution in [3.05, 3.63) is 69.8 Å². The third kappa shape index (κ3) is 12.7. The topological polar surface area (TPSA) is 210 Å². The first kappa shape index (κ1) is 57.8. The number of benzene rings is 2. The summed E-state index contributed by atoms with van der Waals surface area (Å²) < 4.78 is 72.8. The molecule has 7 amide bonds. The van der Waals surface area contributed by atoms with Gasteiger partial charge >= 0.3 is 6.18 Å². The number of aromatic nitrogens is 1. The molecule has 5 N–H and O–H groups in total. The van der Waals surface area contributed by atoms with Gasteiger partial charge in [-0.1, -0.05) is 44.5 Å². The van der Waals surface area contributed by atoms with Crippen molar-refractivity contribution in [1.82, 2.24) is 41.0 Å². The van der Waals surface area contributed by atoms with Crippen molar-refractivity contribution in [3.8, 4) is 16.2 Å². The summed E-state index contributed by atoms with van der Waals surface area (Å²) in [6.45, 7) is 7.99. The van der Waals surface area contributed by atoms with Crippen molar-refractivity contribution in [3.63, 3.8) is 0 Å². The molecule has 2 aromatic carbocycles. The Morgan fingerprint density at radius 3 is 2.33 bits per heavy atom. The first-order chi connectivity index (χ1) is 35.7. The van der Waals surface area contributed by atoms with E-state index in [0.29, 0.717) is 52.3 Å². The molecule has 3 heterocycles. The van der Waals surface area contributed by atoms with E-state index in [9.17, 15) is 51.0 Å². The lowest BCUT2D eigenvalue weighted by Crippen LogP contribution is -2.67. The highest BCUT2D eigenvalue weighted by Crippen LogP contribution is 2.61. The molecule has 0 bridgehead atoms. The number of alkyl halides is 5. The number of aromatic hydroxyl groups is 1. The Balaban J connectivity index is 1.21. The fourth-order valence-corrected chi connectivity index (χ4v) is 11.4. The lowest BCUT2D eigenvalue weighted by molar-refractivity contribution is -0.300. The minimum Gasteiger partial charge on any atom is -0.508 e. The number of nitrogens with one attached hydrogen (secondary N) is 4.